The third-order valence-corrected chi connectivity index (χ3v) is 4.63. The lowest BCUT2D eigenvalue weighted by Crippen LogP contribution is -2.35. The third-order valence-electron chi connectivity index (χ3n) is 3.68. The molecule has 21 heavy (non-hydrogen) atoms. The van der Waals surface area contributed by atoms with E-state index in [4.69, 9.17) is 4.74 Å². The van der Waals surface area contributed by atoms with Crippen LogP contribution >= 0.6 is 11.3 Å². The standard InChI is InChI=1S/C15H16N4OS/c1-2-4-12(5-3-1)14-16-17-15-19(14)11-13(21-15)10-18-6-8-20-9-7-18/h1-5,11H,6-10H2. The zero-order valence-electron chi connectivity index (χ0n) is 11.6. The van der Waals surface area contributed by atoms with E-state index in [2.05, 4.69) is 37.8 Å². The Bertz CT molecular complexity index is 731. The molecular weight excluding hydrogens is 284 g/mol. The molecule has 0 unspecified atom stereocenters. The molecule has 0 amide bonds. The number of nitrogens with zero attached hydrogens (tertiary/aromatic N) is 4. The molecule has 0 radical (unpaired) electrons. The second-order valence-corrected chi connectivity index (χ2v) is 6.22. The van der Waals surface area contributed by atoms with E-state index in [-0.39, 0.29) is 0 Å². The second-order valence-electron chi connectivity index (χ2n) is 5.13. The maximum Gasteiger partial charge on any atom is 0.216 e. The Hall–Kier alpha value is -1.76. The predicted octanol–water partition coefficient (Wildman–Crippen LogP) is 2.29. The van der Waals surface area contributed by atoms with E-state index in [0.29, 0.717) is 0 Å². The summed E-state index contributed by atoms with van der Waals surface area (Å²) in [6.07, 6.45) is 2.16. The van der Waals surface area contributed by atoms with Gasteiger partial charge in [0.15, 0.2) is 5.82 Å². The molecule has 1 aromatic carbocycles. The molecule has 0 atom stereocenters. The fraction of sp³-hybridized carbons (Fsp3) is 0.333. The summed E-state index contributed by atoms with van der Waals surface area (Å²) < 4.78 is 7.49. The number of thiazole rings is 1. The molecular formula is C15H16N4OS. The summed E-state index contributed by atoms with van der Waals surface area (Å²) in [6, 6.07) is 10.2. The number of hydrogen-bond acceptors (Lipinski definition) is 5. The van der Waals surface area contributed by atoms with E-state index in [1.165, 1.54) is 4.88 Å². The van der Waals surface area contributed by atoms with Gasteiger partial charge < -0.3 is 4.74 Å². The van der Waals surface area contributed by atoms with Gasteiger partial charge in [-0.1, -0.05) is 41.7 Å². The molecule has 1 aliphatic heterocycles. The SMILES string of the molecule is c1ccc(-c2nnc3sc(CN4CCOCC4)cn23)cc1. The molecule has 108 valence electrons. The van der Waals surface area contributed by atoms with Gasteiger partial charge in [-0.15, -0.1) is 10.2 Å². The lowest BCUT2D eigenvalue weighted by atomic mass is 10.2. The van der Waals surface area contributed by atoms with Gasteiger partial charge in [0.1, 0.15) is 0 Å². The van der Waals surface area contributed by atoms with Crippen molar-refractivity contribution in [3.63, 3.8) is 0 Å². The van der Waals surface area contributed by atoms with Crippen molar-refractivity contribution in [2.75, 3.05) is 26.3 Å². The van der Waals surface area contributed by atoms with Gasteiger partial charge in [0, 0.05) is 36.3 Å². The Morgan fingerprint density at radius 1 is 1.10 bits per heavy atom. The first-order valence-corrected chi connectivity index (χ1v) is 7.91. The largest absolute Gasteiger partial charge is 0.379 e. The number of aromatic nitrogens is 3. The predicted molar refractivity (Wildman–Crippen MR) is 82.4 cm³/mol. The van der Waals surface area contributed by atoms with Crippen molar-refractivity contribution in [3.05, 3.63) is 41.4 Å². The van der Waals surface area contributed by atoms with Gasteiger partial charge in [-0.2, -0.15) is 0 Å². The van der Waals surface area contributed by atoms with E-state index in [9.17, 15) is 0 Å². The minimum absolute atomic E-state index is 0.833. The summed E-state index contributed by atoms with van der Waals surface area (Å²) in [7, 11) is 0. The molecule has 4 rings (SSSR count). The van der Waals surface area contributed by atoms with Gasteiger partial charge in [0.05, 0.1) is 13.2 Å². The van der Waals surface area contributed by atoms with E-state index in [1.807, 2.05) is 18.2 Å². The topological polar surface area (TPSA) is 42.7 Å². The molecule has 5 nitrogen and oxygen atoms in total. The Morgan fingerprint density at radius 2 is 1.90 bits per heavy atom. The van der Waals surface area contributed by atoms with Crippen molar-refractivity contribution in [2.24, 2.45) is 0 Å². The first-order valence-electron chi connectivity index (χ1n) is 7.09. The first kappa shape index (κ1) is 12.9. The number of benzene rings is 1. The monoisotopic (exact) mass is 300 g/mol. The highest BCUT2D eigenvalue weighted by Crippen LogP contribution is 2.24. The summed E-state index contributed by atoms with van der Waals surface area (Å²) in [6.45, 7) is 4.64. The lowest BCUT2D eigenvalue weighted by molar-refractivity contribution is 0.0346. The zero-order chi connectivity index (χ0) is 14.1. The summed E-state index contributed by atoms with van der Waals surface area (Å²) in [4.78, 5) is 4.70. The zero-order valence-corrected chi connectivity index (χ0v) is 12.4. The van der Waals surface area contributed by atoms with Gasteiger partial charge in [0.2, 0.25) is 4.96 Å². The van der Waals surface area contributed by atoms with Crippen LogP contribution in [0, 0.1) is 0 Å². The Balaban J connectivity index is 1.63. The molecule has 1 saturated heterocycles. The fourth-order valence-electron chi connectivity index (χ4n) is 2.59. The smallest absolute Gasteiger partial charge is 0.216 e. The number of ether oxygens (including phenoxy) is 1. The lowest BCUT2D eigenvalue weighted by Gasteiger charge is -2.25. The van der Waals surface area contributed by atoms with Crippen LogP contribution in [-0.4, -0.2) is 45.8 Å². The first-order chi connectivity index (χ1) is 10.4. The molecule has 6 heteroatoms. The number of rotatable bonds is 3. The van der Waals surface area contributed by atoms with Crippen LogP contribution in [0.4, 0.5) is 0 Å². The fourth-order valence-corrected chi connectivity index (χ4v) is 3.55. The van der Waals surface area contributed by atoms with Crippen LogP contribution < -0.4 is 0 Å². The van der Waals surface area contributed by atoms with Crippen LogP contribution in [0.5, 0.6) is 0 Å². The molecule has 3 heterocycles. The molecule has 0 aliphatic carbocycles. The van der Waals surface area contributed by atoms with Gasteiger partial charge in [0.25, 0.3) is 0 Å². The Labute approximate surface area is 126 Å². The summed E-state index contributed by atoms with van der Waals surface area (Å²) >= 11 is 1.71. The summed E-state index contributed by atoms with van der Waals surface area (Å²) in [5.74, 6) is 0.912. The number of morpholine rings is 1. The average Bonchev–Trinajstić information content (AvgIpc) is 3.09. The van der Waals surface area contributed by atoms with Gasteiger partial charge in [-0.05, 0) is 0 Å². The maximum absolute atomic E-state index is 5.39. The van der Waals surface area contributed by atoms with Crippen molar-refractivity contribution < 1.29 is 4.74 Å². The number of hydrogen-bond donors (Lipinski definition) is 0. The highest BCUT2D eigenvalue weighted by molar-refractivity contribution is 7.17. The quantitative estimate of drug-likeness (QED) is 0.744. The molecule has 0 N–H and O–H groups in total. The normalized spacial score (nSPS) is 16.6. The highest BCUT2D eigenvalue weighted by atomic mass is 32.1. The summed E-state index contributed by atoms with van der Waals surface area (Å²) in [5, 5.41) is 8.60. The van der Waals surface area contributed by atoms with Gasteiger partial charge >= 0.3 is 0 Å². The van der Waals surface area contributed by atoms with Crippen molar-refractivity contribution in [2.45, 2.75) is 6.54 Å². The van der Waals surface area contributed by atoms with Crippen LogP contribution in [0.3, 0.4) is 0 Å². The highest BCUT2D eigenvalue weighted by Gasteiger charge is 2.15. The van der Waals surface area contributed by atoms with Crippen molar-refractivity contribution in [1.29, 1.82) is 0 Å². The molecule has 1 fully saturated rings. The Kier molecular flexibility index (Phi) is 3.42. The van der Waals surface area contributed by atoms with Gasteiger partial charge in [-0.3, -0.25) is 9.30 Å². The molecule has 3 aromatic rings. The van der Waals surface area contributed by atoms with Crippen molar-refractivity contribution >= 4 is 16.3 Å². The molecule has 0 bridgehead atoms. The van der Waals surface area contributed by atoms with E-state index >= 15 is 0 Å². The van der Waals surface area contributed by atoms with E-state index < -0.39 is 0 Å². The van der Waals surface area contributed by atoms with E-state index in [0.717, 1.165) is 49.2 Å². The number of fused-ring (bicyclic) bond motifs is 1. The van der Waals surface area contributed by atoms with Crippen LogP contribution in [0.15, 0.2) is 36.5 Å². The molecule has 0 saturated carbocycles. The Morgan fingerprint density at radius 3 is 2.71 bits per heavy atom. The van der Waals surface area contributed by atoms with Crippen molar-refractivity contribution in [1.82, 2.24) is 19.5 Å². The van der Waals surface area contributed by atoms with Crippen LogP contribution in [0.25, 0.3) is 16.3 Å². The molecule has 2 aromatic heterocycles. The van der Waals surface area contributed by atoms with Crippen molar-refractivity contribution in [3.8, 4) is 11.4 Å². The molecule has 0 spiro atoms. The van der Waals surface area contributed by atoms with Gasteiger partial charge in [-0.25, -0.2) is 0 Å². The minimum Gasteiger partial charge on any atom is -0.379 e. The summed E-state index contributed by atoms with van der Waals surface area (Å²) in [5.41, 5.74) is 1.10. The van der Waals surface area contributed by atoms with E-state index in [1.54, 1.807) is 11.3 Å². The van der Waals surface area contributed by atoms with Crippen LogP contribution in [0.2, 0.25) is 0 Å². The van der Waals surface area contributed by atoms with Crippen LogP contribution in [-0.2, 0) is 11.3 Å². The third kappa shape index (κ3) is 2.57. The van der Waals surface area contributed by atoms with Crippen LogP contribution in [0.1, 0.15) is 4.88 Å². The average molecular weight is 300 g/mol. The molecule has 1 aliphatic rings. The maximum atomic E-state index is 5.39. The second kappa shape index (κ2) is 5.55. The minimum atomic E-state index is 0.833.